The van der Waals surface area contributed by atoms with Crippen molar-refractivity contribution in [3.05, 3.63) is 53.5 Å². The number of amides is 2. The number of hydrogen-bond acceptors (Lipinski definition) is 9. The normalized spacial score (nSPS) is 13.5. The van der Waals surface area contributed by atoms with Crippen molar-refractivity contribution >= 4 is 23.6 Å². The van der Waals surface area contributed by atoms with Crippen molar-refractivity contribution in [3.63, 3.8) is 0 Å². The fraction of sp³-hybridized carbons (Fsp3) is 0.594. The number of benzene rings is 1. The van der Waals surface area contributed by atoms with Crippen molar-refractivity contribution in [1.82, 2.24) is 25.5 Å². The lowest BCUT2D eigenvalue weighted by Gasteiger charge is -2.30. The highest BCUT2D eigenvalue weighted by molar-refractivity contribution is 5.93. The molecule has 2 aromatic rings. The smallest absolute Gasteiger partial charge is 0.305 e. The molecule has 0 saturated carbocycles. The number of hydrogen-bond donors (Lipinski definition) is 4. The first-order chi connectivity index (χ1) is 20.9. The zero-order valence-electron chi connectivity index (χ0n) is 25.5. The summed E-state index contributed by atoms with van der Waals surface area (Å²) in [6, 6.07) is 9.84. The Labute approximate surface area is 255 Å². The summed E-state index contributed by atoms with van der Waals surface area (Å²) < 4.78 is 4.64. The van der Waals surface area contributed by atoms with Gasteiger partial charge in [-0.25, -0.2) is 9.97 Å². The maximum Gasteiger partial charge on any atom is 0.305 e. The van der Waals surface area contributed by atoms with Crippen molar-refractivity contribution < 1.29 is 24.2 Å². The molecule has 1 aliphatic rings. The van der Waals surface area contributed by atoms with Crippen LogP contribution < -0.4 is 16.0 Å². The van der Waals surface area contributed by atoms with Gasteiger partial charge in [0, 0.05) is 45.2 Å². The third-order valence-corrected chi connectivity index (χ3v) is 7.61. The SMILES string of the molecule is COC(=O)CCCCCCCCCCCNC(=O)CNc1cc(C(=O)NC[C@H](O)CN2CCc3ccccc3C2)ncn1. The molecule has 0 unspecified atom stereocenters. The van der Waals surface area contributed by atoms with E-state index in [2.05, 4.69) is 53.8 Å². The van der Waals surface area contributed by atoms with Crippen LogP contribution in [0.3, 0.4) is 0 Å². The summed E-state index contributed by atoms with van der Waals surface area (Å²) >= 11 is 0. The number of anilines is 1. The first kappa shape index (κ1) is 33.9. The summed E-state index contributed by atoms with van der Waals surface area (Å²) in [7, 11) is 1.43. The van der Waals surface area contributed by atoms with Crippen LogP contribution >= 0.6 is 0 Å². The van der Waals surface area contributed by atoms with E-state index in [1.807, 2.05) is 6.07 Å². The first-order valence-corrected chi connectivity index (χ1v) is 15.6. The van der Waals surface area contributed by atoms with E-state index in [9.17, 15) is 19.5 Å². The van der Waals surface area contributed by atoms with E-state index in [0.717, 1.165) is 58.0 Å². The van der Waals surface area contributed by atoms with Gasteiger partial charge in [-0.3, -0.25) is 19.3 Å². The quantitative estimate of drug-likeness (QED) is 0.134. The molecule has 11 nitrogen and oxygen atoms in total. The van der Waals surface area contributed by atoms with Crippen molar-refractivity contribution in [3.8, 4) is 0 Å². The maximum absolute atomic E-state index is 12.6. The van der Waals surface area contributed by atoms with E-state index in [1.54, 1.807) is 0 Å². The number of ether oxygens (including phenoxy) is 1. The molecule has 0 aliphatic carbocycles. The van der Waals surface area contributed by atoms with Gasteiger partial charge in [0.05, 0.1) is 19.8 Å². The Hall–Kier alpha value is -3.57. The van der Waals surface area contributed by atoms with Crippen molar-refractivity contribution in [2.24, 2.45) is 0 Å². The number of aliphatic hydroxyl groups is 1. The first-order valence-electron chi connectivity index (χ1n) is 15.6. The number of rotatable bonds is 20. The molecule has 1 aliphatic heterocycles. The van der Waals surface area contributed by atoms with Crippen molar-refractivity contribution in [2.75, 3.05) is 45.2 Å². The number of methoxy groups -OCH3 is 1. The Morgan fingerprint density at radius 1 is 0.953 bits per heavy atom. The van der Waals surface area contributed by atoms with Crippen LogP contribution in [0.1, 0.15) is 85.8 Å². The second kappa shape index (κ2) is 19.6. The van der Waals surface area contributed by atoms with Gasteiger partial charge in [-0.1, -0.05) is 69.2 Å². The number of aliphatic hydroxyl groups excluding tert-OH is 1. The van der Waals surface area contributed by atoms with Gasteiger partial charge in [0.25, 0.3) is 5.91 Å². The lowest BCUT2D eigenvalue weighted by molar-refractivity contribution is -0.140. The van der Waals surface area contributed by atoms with E-state index in [-0.39, 0.29) is 30.7 Å². The number of carbonyl (C=O) groups is 3. The van der Waals surface area contributed by atoms with E-state index in [4.69, 9.17) is 0 Å². The summed E-state index contributed by atoms with van der Waals surface area (Å²) in [4.78, 5) is 46.2. The Bertz CT molecular complexity index is 1150. The van der Waals surface area contributed by atoms with Gasteiger partial charge in [0.1, 0.15) is 17.8 Å². The number of aromatic nitrogens is 2. The van der Waals surface area contributed by atoms with Crippen LogP contribution in [-0.4, -0.2) is 83.7 Å². The monoisotopic (exact) mass is 596 g/mol. The van der Waals surface area contributed by atoms with Gasteiger partial charge in [-0.2, -0.15) is 0 Å². The molecule has 2 heterocycles. The van der Waals surface area contributed by atoms with Gasteiger partial charge in [0.15, 0.2) is 0 Å². The molecule has 0 bridgehead atoms. The van der Waals surface area contributed by atoms with Crippen LogP contribution in [0.15, 0.2) is 36.7 Å². The molecular formula is C32H48N6O5. The van der Waals surface area contributed by atoms with E-state index in [1.165, 1.54) is 49.9 Å². The highest BCUT2D eigenvalue weighted by Crippen LogP contribution is 2.18. The molecule has 0 spiro atoms. The number of nitrogens with zero attached hydrogens (tertiary/aromatic N) is 3. The molecule has 1 atom stereocenters. The van der Waals surface area contributed by atoms with Crippen molar-refractivity contribution in [2.45, 2.75) is 83.3 Å². The molecule has 4 N–H and O–H groups in total. The minimum absolute atomic E-state index is 0.0473. The highest BCUT2D eigenvalue weighted by Gasteiger charge is 2.19. The molecule has 43 heavy (non-hydrogen) atoms. The Balaban J connectivity index is 1.21. The number of esters is 1. The average molecular weight is 597 g/mol. The fourth-order valence-electron chi connectivity index (χ4n) is 5.15. The van der Waals surface area contributed by atoms with Crippen LogP contribution in [0, 0.1) is 0 Å². The molecule has 236 valence electrons. The number of β-amino-alcohol motifs (C(OH)–C–C–N with tert-alkyl or cyclic N) is 1. The summed E-state index contributed by atoms with van der Waals surface area (Å²) in [5, 5.41) is 19.1. The average Bonchev–Trinajstić information content (AvgIpc) is 3.03. The largest absolute Gasteiger partial charge is 0.469 e. The maximum atomic E-state index is 12.6. The molecule has 11 heteroatoms. The zero-order valence-corrected chi connectivity index (χ0v) is 25.5. The van der Waals surface area contributed by atoms with E-state index in [0.29, 0.717) is 25.3 Å². The van der Waals surface area contributed by atoms with Crippen LogP contribution in [0.2, 0.25) is 0 Å². The predicted octanol–water partition coefficient (Wildman–Crippen LogP) is 3.23. The van der Waals surface area contributed by atoms with Crippen LogP contribution in [-0.2, 0) is 27.3 Å². The molecule has 0 fully saturated rings. The third kappa shape index (κ3) is 13.5. The van der Waals surface area contributed by atoms with Gasteiger partial charge in [-0.05, 0) is 30.4 Å². The Morgan fingerprint density at radius 2 is 1.65 bits per heavy atom. The minimum atomic E-state index is -0.701. The molecule has 0 saturated heterocycles. The number of fused-ring (bicyclic) bond motifs is 1. The van der Waals surface area contributed by atoms with Crippen LogP contribution in [0.5, 0.6) is 0 Å². The molecule has 2 amide bonds. The third-order valence-electron chi connectivity index (χ3n) is 7.61. The lowest BCUT2D eigenvalue weighted by atomic mass is 10.00. The van der Waals surface area contributed by atoms with Gasteiger partial charge in [0.2, 0.25) is 5.91 Å². The number of unbranched alkanes of at least 4 members (excludes halogenated alkanes) is 8. The molecule has 3 rings (SSSR count). The summed E-state index contributed by atoms with van der Waals surface area (Å²) in [5.74, 6) is -0.292. The Morgan fingerprint density at radius 3 is 2.40 bits per heavy atom. The minimum Gasteiger partial charge on any atom is -0.469 e. The fourth-order valence-corrected chi connectivity index (χ4v) is 5.15. The Kier molecular flexibility index (Phi) is 15.5. The zero-order chi connectivity index (χ0) is 30.7. The van der Waals surface area contributed by atoms with Crippen LogP contribution in [0.25, 0.3) is 0 Å². The molecule has 1 aromatic heterocycles. The van der Waals surface area contributed by atoms with Gasteiger partial charge < -0.3 is 25.8 Å². The summed E-state index contributed by atoms with van der Waals surface area (Å²) in [6.45, 7) is 2.92. The summed E-state index contributed by atoms with van der Waals surface area (Å²) in [5.41, 5.74) is 2.80. The number of nitrogens with one attached hydrogen (secondary N) is 3. The van der Waals surface area contributed by atoms with Gasteiger partial charge in [-0.15, -0.1) is 0 Å². The number of carbonyl (C=O) groups excluding carboxylic acids is 3. The van der Waals surface area contributed by atoms with Crippen LogP contribution in [0.4, 0.5) is 5.82 Å². The molecule has 1 aromatic carbocycles. The van der Waals surface area contributed by atoms with E-state index < -0.39 is 12.0 Å². The molecular weight excluding hydrogens is 548 g/mol. The van der Waals surface area contributed by atoms with Gasteiger partial charge >= 0.3 is 5.97 Å². The van der Waals surface area contributed by atoms with Crippen molar-refractivity contribution in [1.29, 1.82) is 0 Å². The van der Waals surface area contributed by atoms with E-state index >= 15 is 0 Å². The highest BCUT2D eigenvalue weighted by atomic mass is 16.5. The predicted molar refractivity (Wildman–Crippen MR) is 165 cm³/mol. The second-order valence-electron chi connectivity index (χ2n) is 11.1. The molecule has 0 radical (unpaired) electrons. The second-order valence-corrected chi connectivity index (χ2v) is 11.1. The lowest BCUT2D eigenvalue weighted by Crippen LogP contribution is -2.42. The summed E-state index contributed by atoms with van der Waals surface area (Å²) in [6.07, 6.45) is 11.9. The topological polar surface area (TPSA) is 146 Å². The standard InChI is InChI=1S/C32H48N6O5/c1-43-31(41)15-9-7-5-3-2-4-6-8-12-17-33-30(40)21-34-29-19-28(36-24-37-29)32(42)35-20-27(39)23-38-18-16-25-13-10-11-14-26(25)22-38/h10-11,13-14,19,24,27,39H,2-9,12,15-18,20-23H2,1H3,(H,33,40)(H,35,42)(H,34,36,37)/t27-/m0/s1.